The molecule has 144 valence electrons. The zero-order valence-corrected chi connectivity index (χ0v) is 16.5. The van der Waals surface area contributed by atoms with Crippen molar-refractivity contribution in [2.75, 3.05) is 32.8 Å². The number of carbonyl (C=O) groups is 2. The third-order valence-corrected chi connectivity index (χ3v) is 6.81. The molecule has 0 bridgehead atoms. The normalized spacial score (nSPS) is 14.7. The lowest BCUT2D eigenvalue weighted by Crippen LogP contribution is -2.32. The quantitative estimate of drug-likeness (QED) is 0.652. The van der Waals surface area contributed by atoms with Gasteiger partial charge in [0.2, 0.25) is 10.0 Å². The molecule has 1 aliphatic heterocycles. The molecule has 26 heavy (non-hydrogen) atoms. The topological polar surface area (TPSA) is 84.0 Å². The third kappa shape index (κ3) is 4.55. The molecule has 1 amide bonds. The maximum absolute atomic E-state index is 12.7. The number of nitrogens with zero attached hydrogens (tertiary/aromatic N) is 2. The van der Waals surface area contributed by atoms with Crippen LogP contribution in [0, 0.1) is 0 Å². The molecule has 1 saturated heterocycles. The van der Waals surface area contributed by atoms with Crippen LogP contribution in [0.1, 0.15) is 37.0 Å². The van der Waals surface area contributed by atoms with Gasteiger partial charge >= 0.3 is 5.97 Å². The Balaban J connectivity index is 2.15. The smallest absolute Gasteiger partial charge is 0.338 e. The maximum atomic E-state index is 12.7. The second kappa shape index (κ2) is 8.83. The number of hydrogen-bond donors (Lipinski definition) is 0. The van der Waals surface area contributed by atoms with E-state index in [1.807, 2.05) is 0 Å². The molecule has 9 heteroatoms. The molecule has 2 rings (SSSR count). The molecule has 1 aromatic rings. The number of likely N-dealkylation sites (tertiary alicyclic amines) is 1. The Bertz CT molecular complexity index is 771. The Labute approximate surface area is 158 Å². The molecule has 0 saturated carbocycles. The standard InChI is InChI=1S/C17H23ClN2O5S/c1-3-20(4-2)26(23,24)15-11-13(7-8-14(15)18)17(22)25-12-16(21)19-9-5-6-10-19/h7-8,11H,3-6,9-10,12H2,1-2H3. The van der Waals surface area contributed by atoms with Crippen LogP contribution in [-0.4, -0.2) is 62.3 Å². The Morgan fingerprint density at radius 3 is 2.38 bits per heavy atom. The van der Waals surface area contributed by atoms with Crippen molar-refractivity contribution in [1.29, 1.82) is 0 Å². The molecule has 1 heterocycles. The number of ether oxygens (including phenoxy) is 1. The van der Waals surface area contributed by atoms with Gasteiger partial charge in [0, 0.05) is 26.2 Å². The first-order valence-corrected chi connectivity index (χ1v) is 10.4. The Kier molecular flexibility index (Phi) is 7.02. The fourth-order valence-electron chi connectivity index (χ4n) is 2.80. The Morgan fingerprint density at radius 2 is 1.81 bits per heavy atom. The van der Waals surface area contributed by atoms with Crippen molar-refractivity contribution in [2.24, 2.45) is 0 Å². The third-order valence-electron chi connectivity index (χ3n) is 4.28. The SMILES string of the molecule is CCN(CC)S(=O)(=O)c1cc(C(=O)OCC(=O)N2CCCC2)ccc1Cl. The summed E-state index contributed by atoms with van der Waals surface area (Å²) in [5, 5.41) is 0.0293. The molecule has 0 aromatic heterocycles. The van der Waals surface area contributed by atoms with E-state index in [1.54, 1.807) is 18.7 Å². The Morgan fingerprint density at radius 1 is 1.19 bits per heavy atom. The number of benzene rings is 1. The number of sulfonamides is 1. The molecular weight excluding hydrogens is 380 g/mol. The van der Waals surface area contributed by atoms with E-state index in [0.29, 0.717) is 13.1 Å². The summed E-state index contributed by atoms with van der Waals surface area (Å²) in [7, 11) is -3.81. The van der Waals surface area contributed by atoms with Crippen LogP contribution in [0.3, 0.4) is 0 Å². The highest BCUT2D eigenvalue weighted by atomic mass is 35.5. The van der Waals surface area contributed by atoms with Gasteiger partial charge in [-0.25, -0.2) is 13.2 Å². The van der Waals surface area contributed by atoms with Gasteiger partial charge in [0.25, 0.3) is 5.91 Å². The summed E-state index contributed by atoms with van der Waals surface area (Å²) in [6.07, 6.45) is 1.90. The van der Waals surface area contributed by atoms with E-state index in [2.05, 4.69) is 0 Å². The lowest BCUT2D eigenvalue weighted by Gasteiger charge is -2.19. The van der Waals surface area contributed by atoms with Crippen molar-refractivity contribution >= 4 is 33.5 Å². The first-order valence-electron chi connectivity index (χ1n) is 8.55. The first-order chi connectivity index (χ1) is 12.3. The monoisotopic (exact) mass is 402 g/mol. The maximum Gasteiger partial charge on any atom is 0.338 e. The minimum Gasteiger partial charge on any atom is -0.452 e. The highest BCUT2D eigenvalue weighted by Gasteiger charge is 2.26. The van der Waals surface area contributed by atoms with Gasteiger partial charge in [-0.3, -0.25) is 4.79 Å². The van der Waals surface area contributed by atoms with Crippen LogP contribution >= 0.6 is 11.6 Å². The van der Waals surface area contributed by atoms with Crippen molar-refractivity contribution in [2.45, 2.75) is 31.6 Å². The van der Waals surface area contributed by atoms with Crippen LogP contribution in [0.4, 0.5) is 0 Å². The van der Waals surface area contributed by atoms with Crippen LogP contribution in [-0.2, 0) is 19.6 Å². The molecule has 1 aliphatic rings. The van der Waals surface area contributed by atoms with Gasteiger partial charge in [-0.15, -0.1) is 0 Å². The summed E-state index contributed by atoms with van der Waals surface area (Å²) in [5.74, 6) is -1.01. The molecule has 0 radical (unpaired) electrons. The summed E-state index contributed by atoms with van der Waals surface area (Å²) in [4.78, 5) is 25.7. The zero-order chi connectivity index (χ0) is 19.3. The van der Waals surface area contributed by atoms with Crippen LogP contribution in [0.25, 0.3) is 0 Å². The number of rotatable bonds is 7. The average Bonchev–Trinajstić information content (AvgIpc) is 3.15. The molecule has 0 N–H and O–H groups in total. The predicted molar refractivity (Wildman–Crippen MR) is 97.7 cm³/mol. The fraction of sp³-hybridized carbons (Fsp3) is 0.529. The minimum absolute atomic E-state index is 0.0293. The summed E-state index contributed by atoms with van der Waals surface area (Å²) < 4.78 is 31.6. The number of hydrogen-bond acceptors (Lipinski definition) is 5. The zero-order valence-electron chi connectivity index (χ0n) is 14.9. The van der Waals surface area contributed by atoms with Crippen molar-refractivity contribution in [1.82, 2.24) is 9.21 Å². The summed E-state index contributed by atoms with van der Waals surface area (Å²) in [6.45, 7) is 4.99. The second-order valence-corrected chi connectivity index (χ2v) is 8.21. The molecule has 0 unspecified atom stereocenters. The first kappa shape index (κ1) is 20.7. The lowest BCUT2D eigenvalue weighted by atomic mass is 10.2. The fourth-order valence-corrected chi connectivity index (χ4v) is 4.76. The number of amides is 1. The van der Waals surface area contributed by atoms with E-state index < -0.39 is 16.0 Å². The van der Waals surface area contributed by atoms with Gasteiger partial charge in [0.05, 0.1) is 10.6 Å². The van der Waals surface area contributed by atoms with Gasteiger partial charge in [-0.05, 0) is 31.0 Å². The molecule has 1 aromatic carbocycles. The van der Waals surface area contributed by atoms with Gasteiger partial charge in [-0.2, -0.15) is 4.31 Å². The second-order valence-electron chi connectivity index (χ2n) is 5.90. The number of halogens is 1. The lowest BCUT2D eigenvalue weighted by molar-refractivity contribution is -0.133. The highest BCUT2D eigenvalue weighted by Crippen LogP contribution is 2.26. The summed E-state index contributed by atoms with van der Waals surface area (Å²) in [5.41, 5.74) is 0.0364. The van der Waals surface area contributed by atoms with E-state index in [0.717, 1.165) is 12.8 Å². The van der Waals surface area contributed by atoms with Crippen molar-refractivity contribution < 1.29 is 22.7 Å². The summed E-state index contributed by atoms with van der Waals surface area (Å²) in [6, 6.07) is 3.92. The van der Waals surface area contributed by atoms with E-state index in [9.17, 15) is 18.0 Å². The molecule has 0 spiro atoms. The van der Waals surface area contributed by atoms with Gasteiger partial charge in [0.1, 0.15) is 4.90 Å². The largest absolute Gasteiger partial charge is 0.452 e. The number of esters is 1. The van der Waals surface area contributed by atoms with E-state index in [-0.39, 0.29) is 41.1 Å². The van der Waals surface area contributed by atoms with Crippen molar-refractivity contribution in [3.63, 3.8) is 0 Å². The van der Waals surface area contributed by atoms with Crippen LogP contribution < -0.4 is 0 Å². The predicted octanol–water partition coefficient (Wildman–Crippen LogP) is 2.15. The van der Waals surface area contributed by atoms with Crippen LogP contribution in [0.2, 0.25) is 5.02 Å². The molecule has 0 atom stereocenters. The van der Waals surface area contributed by atoms with E-state index in [1.165, 1.54) is 22.5 Å². The van der Waals surface area contributed by atoms with Crippen molar-refractivity contribution in [3.05, 3.63) is 28.8 Å². The Hall–Kier alpha value is -1.64. The average molecular weight is 403 g/mol. The minimum atomic E-state index is -3.81. The molecule has 0 aliphatic carbocycles. The summed E-state index contributed by atoms with van der Waals surface area (Å²) >= 11 is 6.04. The molecular formula is C17H23ClN2O5S. The molecule has 1 fully saturated rings. The highest BCUT2D eigenvalue weighted by molar-refractivity contribution is 7.89. The van der Waals surface area contributed by atoms with Gasteiger partial charge < -0.3 is 9.64 Å². The van der Waals surface area contributed by atoms with Crippen LogP contribution in [0.15, 0.2) is 23.1 Å². The number of carbonyl (C=O) groups excluding carboxylic acids is 2. The van der Waals surface area contributed by atoms with Crippen molar-refractivity contribution in [3.8, 4) is 0 Å². The van der Waals surface area contributed by atoms with E-state index in [4.69, 9.17) is 16.3 Å². The molecule has 7 nitrogen and oxygen atoms in total. The van der Waals surface area contributed by atoms with E-state index >= 15 is 0 Å². The van der Waals surface area contributed by atoms with Gasteiger partial charge in [-0.1, -0.05) is 25.4 Å². The van der Waals surface area contributed by atoms with Gasteiger partial charge in [0.15, 0.2) is 6.61 Å². The van der Waals surface area contributed by atoms with Crippen LogP contribution in [0.5, 0.6) is 0 Å².